The van der Waals surface area contributed by atoms with E-state index in [1.807, 2.05) is 6.20 Å². The van der Waals surface area contributed by atoms with Crippen LogP contribution in [-0.4, -0.2) is 52.5 Å². The predicted octanol–water partition coefficient (Wildman–Crippen LogP) is 0.0453. The number of nitrogens with zero attached hydrogens (tertiary/aromatic N) is 3. The van der Waals surface area contributed by atoms with Gasteiger partial charge in [0.2, 0.25) is 0 Å². The van der Waals surface area contributed by atoms with Gasteiger partial charge in [-0.2, -0.15) is 0 Å². The van der Waals surface area contributed by atoms with Crippen molar-refractivity contribution < 1.29 is 9.84 Å². The summed E-state index contributed by atoms with van der Waals surface area (Å²) in [5.74, 6) is 0. The Morgan fingerprint density at radius 2 is 2.41 bits per heavy atom. The highest BCUT2D eigenvalue weighted by atomic mass is 16.5. The van der Waals surface area contributed by atoms with E-state index in [4.69, 9.17) is 4.74 Å². The Hall–Kier alpha value is -0.980. The minimum Gasteiger partial charge on any atom is -0.389 e. The number of unbranched alkanes of at least 4 members (excludes halogenated alkanes) is 1. The first-order valence-electron chi connectivity index (χ1n) is 6.13. The summed E-state index contributed by atoms with van der Waals surface area (Å²) >= 11 is 0. The van der Waals surface area contributed by atoms with E-state index in [1.54, 1.807) is 10.9 Å². The third-order valence-electron chi connectivity index (χ3n) is 2.32. The van der Waals surface area contributed by atoms with Crippen LogP contribution < -0.4 is 5.32 Å². The molecule has 0 fully saturated rings. The Balaban J connectivity index is 1.91. The van der Waals surface area contributed by atoms with E-state index >= 15 is 0 Å². The van der Waals surface area contributed by atoms with Crippen molar-refractivity contribution in [3.8, 4) is 0 Å². The molecule has 0 aliphatic rings. The lowest BCUT2D eigenvalue weighted by Gasteiger charge is -2.12. The molecular formula is C11H22N4O2. The van der Waals surface area contributed by atoms with Crippen molar-refractivity contribution >= 4 is 0 Å². The number of aromatic nitrogens is 3. The lowest BCUT2D eigenvalue weighted by atomic mass is 10.3. The van der Waals surface area contributed by atoms with Gasteiger partial charge in [-0.3, -0.25) is 4.68 Å². The topological polar surface area (TPSA) is 72.2 Å². The van der Waals surface area contributed by atoms with E-state index in [2.05, 4.69) is 22.6 Å². The summed E-state index contributed by atoms with van der Waals surface area (Å²) in [6.45, 7) is 5.30. The number of hydrogen-bond acceptors (Lipinski definition) is 5. The van der Waals surface area contributed by atoms with Gasteiger partial charge in [0.05, 0.1) is 25.5 Å². The second kappa shape index (κ2) is 9.09. The SMILES string of the molecule is CCCCOCC(O)CNCCn1ccnn1. The standard InChI is InChI=1S/C11H22N4O2/c1-2-3-8-17-10-11(16)9-12-4-6-15-7-5-13-14-15/h5,7,11-12,16H,2-4,6,8-10H2,1H3. The summed E-state index contributed by atoms with van der Waals surface area (Å²) in [6, 6.07) is 0. The van der Waals surface area contributed by atoms with Gasteiger partial charge in [0.15, 0.2) is 0 Å². The van der Waals surface area contributed by atoms with Crippen LogP contribution in [0.15, 0.2) is 12.4 Å². The van der Waals surface area contributed by atoms with E-state index in [9.17, 15) is 5.11 Å². The van der Waals surface area contributed by atoms with Gasteiger partial charge in [-0.15, -0.1) is 5.10 Å². The molecule has 1 aromatic heterocycles. The Morgan fingerprint density at radius 1 is 1.53 bits per heavy atom. The van der Waals surface area contributed by atoms with Crippen molar-refractivity contribution in [2.24, 2.45) is 0 Å². The number of aliphatic hydroxyl groups is 1. The van der Waals surface area contributed by atoms with E-state index < -0.39 is 6.10 Å². The number of ether oxygens (including phenoxy) is 1. The lowest BCUT2D eigenvalue weighted by Crippen LogP contribution is -2.32. The summed E-state index contributed by atoms with van der Waals surface area (Å²) in [4.78, 5) is 0. The van der Waals surface area contributed by atoms with Gasteiger partial charge in [0.1, 0.15) is 0 Å². The molecule has 1 unspecified atom stereocenters. The van der Waals surface area contributed by atoms with Crippen molar-refractivity contribution in [2.45, 2.75) is 32.4 Å². The fourth-order valence-corrected chi connectivity index (χ4v) is 1.34. The molecule has 0 aliphatic carbocycles. The average Bonchev–Trinajstić information content (AvgIpc) is 2.83. The Labute approximate surface area is 102 Å². The molecule has 1 heterocycles. The van der Waals surface area contributed by atoms with Crippen molar-refractivity contribution in [2.75, 3.05) is 26.3 Å². The zero-order chi connectivity index (χ0) is 12.3. The average molecular weight is 242 g/mol. The molecule has 6 nitrogen and oxygen atoms in total. The maximum atomic E-state index is 9.58. The van der Waals surface area contributed by atoms with E-state index in [0.717, 1.165) is 32.5 Å². The first kappa shape index (κ1) is 14.1. The highest BCUT2D eigenvalue weighted by Crippen LogP contribution is 1.90. The van der Waals surface area contributed by atoms with Crippen LogP contribution in [0.2, 0.25) is 0 Å². The molecule has 0 saturated heterocycles. The summed E-state index contributed by atoms with van der Waals surface area (Å²) in [6.07, 6.45) is 5.18. The first-order chi connectivity index (χ1) is 8.33. The minimum atomic E-state index is -0.442. The Morgan fingerprint density at radius 3 is 3.12 bits per heavy atom. The second-order valence-electron chi connectivity index (χ2n) is 3.95. The molecule has 0 bridgehead atoms. The zero-order valence-electron chi connectivity index (χ0n) is 10.4. The molecule has 0 aliphatic heterocycles. The van der Waals surface area contributed by atoms with Gasteiger partial charge in [-0.1, -0.05) is 18.6 Å². The fraction of sp³-hybridized carbons (Fsp3) is 0.818. The van der Waals surface area contributed by atoms with Gasteiger partial charge < -0.3 is 15.2 Å². The lowest BCUT2D eigenvalue weighted by molar-refractivity contribution is 0.0359. The van der Waals surface area contributed by atoms with E-state index in [0.29, 0.717) is 13.2 Å². The highest BCUT2D eigenvalue weighted by molar-refractivity contribution is 4.65. The predicted molar refractivity (Wildman–Crippen MR) is 64.6 cm³/mol. The maximum absolute atomic E-state index is 9.58. The summed E-state index contributed by atoms with van der Waals surface area (Å²) in [5.41, 5.74) is 0. The number of hydrogen-bond donors (Lipinski definition) is 2. The van der Waals surface area contributed by atoms with Crippen molar-refractivity contribution in [3.63, 3.8) is 0 Å². The number of aliphatic hydroxyl groups excluding tert-OH is 1. The van der Waals surface area contributed by atoms with Crippen LogP contribution in [0.4, 0.5) is 0 Å². The molecule has 1 atom stereocenters. The number of rotatable bonds is 10. The van der Waals surface area contributed by atoms with Gasteiger partial charge in [-0.05, 0) is 6.42 Å². The van der Waals surface area contributed by atoms with Crippen molar-refractivity contribution in [3.05, 3.63) is 12.4 Å². The molecular weight excluding hydrogens is 220 g/mol. The third-order valence-corrected chi connectivity index (χ3v) is 2.32. The smallest absolute Gasteiger partial charge is 0.0897 e. The second-order valence-corrected chi connectivity index (χ2v) is 3.95. The molecule has 2 N–H and O–H groups in total. The highest BCUT2D eigenvalue weighted by Gasteiger charge is 2.03. The van der Waals surface area contributed by atoms with E-state index in [1.165, 1.54) is 0 Å². The quantitative estimate of drug-likeness (QED) is 0.567. The molecule has 98 valence electrons. The molecule has 0 saturated carbocycles. The van der Waals surface area contributed by atoms with Crippen LogP contribution in [0.25, 0.3) is 0 Å². The fourth-order valence-electron chi connectivity index (χ4n) is 1.34. The molecule has 1 rings (SSSR count). The van der Waals surface area contributed by atoms with Crippen molar-refractivity contribution in [1.82, 2.24) is 20.3 Å². The van der Waals surface area contributed by atoms with Crippen LogP contribution in [0.3, 0.4) is 0 Å². The van der Waals surface area contributed by atoms with Crippen LogP contribution in [0.1, 0.15) is 19.8 Å². The normalized spacial score (nSPS) is 12.8. The Bertz CT molecular complexity index is 266. The van der Waals surface area contributed by atoms with E-state index in [-0.39, 0.29) is 0 Å². The molecule has 6 heteroatoms. The van der Waals surface area contributed by atoms with Crippen LogP contribution in [0, 0.1) is 0 Å². The van der Waals surface area contributed by atoms with Gasteiger partial charge >= 0.3 is 0 Å². The minimum absolute atomic E-state index is 0.399. The third kappa shape index (κ3) is 7.04. The van der Waals surface area contributed by atoms with Gasteiger partial charge in [0.25, 0.3) is 0 Å². The molecule has 1 aromatic rings. The first-order valence-corrected chi connectivity index (χ1v) is 6.13. The molecule has 0 radical (unpaired) electrons. The maximum Gasteiger partial charge on any atom is 0.0897 e. The number of nitrogens with one attached hydrogen (secondary N) is 1. The molecule has 17 heavy (non-hydrogen) atoms. The van der Waals surface area contributed by atoms with Crippen LogP contribution in [-0.2, 0) is 11.3 Å². The van der Waals surface area contributed by atoms with Gasteiger partial charge in [0, 0.05) is 25.9 Å². The molecule has 0 aromatic carbocycles. The molecule has 0 amide bonds. The van der Waals surface area contributed by atoms with Crippen LogP contribution in [0.5, 0.6) is 0 Å². The largest absolute Gasteiger partial charge is 0.389 e. The molecule has 0 spiro atoms. The van der Waals surface area contributed by atoms with Crippen LogP contribution >= 0.6 is 0 Å². The zero-order valence-corrected chi connectivity index (χ0v) is 10.4. The van der Waals surface area contributed by atoms with Gasteiger partial charge in [-0.25, -0.2) is 0 Å². The monoisotopic (exact) mass is 242 g/mol. The van der Waals surface area contributed by atoms with Crippen molar-refractivity contribution in [1.29, 1.82) is 0 Å². The summed E-state index contributed by atoms with van der Waals surface area (Å²) in [7, 11) is 0. The summed E-state index contributed by atoms with van der Waals surface area (Å²) in [5, 5.41) is 20.3. The Kier molecular flexibility index (Phi) is 7.53. The summed E-state index contributed by atoms with van der Waals surface area (Å²) < 4.78 is 7.07.